The first-order valence-electron chi connectivity index (χ1n) is 10.7. The molecule has 0 radical (unpaired) electrons. The second kappa shape index (κ2) is 10.6. The molecule has 6 heteroatoms. The van der Waals surface area contributed by atoms with E-state index in [4.69, 9.17) is 0 Å². The average Bonchev–Trinajstić information content (AvgIpc) is 2.52. The highest BCUT2D eigenvalue weighted by Gasteiger charge is 2.40. The maximum Gasteiger partial charge on any atom is 0.225 e. The van der Waals surface area contributed by atoms with Crippen LogP contribution in [-0.4, -0.2) is 89.2 Å². The minimum Gasteiger partial charge on any atom is -0.355 e. The number of nitrogens with one attached hydrogen (secondary N) is 2. The van der Waals surface area contributed by atoms with Gasteiger partial charge in [-0.1, -0.05) is 27.7 Å². The summed E-state index contributed by atoms with van der Waals surface area (Å²) in [4.78, 5) is 25.6. The van der Waals surface area contributed by atoms with Gasteiger partial charge < -0.3 is 19.6 Å². The molecule has 0 spiro atoms. The molecule has 6 nitrogen and oxygen atoms in total. The third kappa shape index (κ3) is 11.0. The molecular weight excluding hydrogens is 352 g/mol. The predicted octanol–water partition coefficient (Wildman–Crippen LogP) is 2.24. The summed E-state index contributed by atoms with van der Waals surface area (Å²) in [5.74, 6) is 0.0914. The molecule has 0 rings (SSSR count). The zero-order valence-corrected chi connectivity index (χ0v) is 20.4. The van der Waals surface area contributed by atoms with Crippen molar-refractivity contribution < 1.29 is 18.6 Å². The molecule has 1 unspecified atom stereocenters. The van der Waals surface area contributed by atoms with E-state index in [1.807, 2.05) is 27.7 Å². The number of hydrogen-bond donors (Lipinski definition) is 2. The van der Waals surface area contributed by atoms with E-state index in [9.17, 15) is 9.59 Å². The molecule has 28 heavy (non-hydrogen) atoms. The van der Waals surface area contributed by atoms with E-state index >= 15 is 0 Å². The molecule has 2 amide bonds. The minimum absolute atomic E-state index is 0.0337. The molecule has 0 aromatic heterocycles. The lowest BCUT2D eigenvalue weighted by Crippen LogP contribution is -2.47. The Kier molecular flexibility index (Phi) is 10.2. The first kappa shape index (κ1) is 26.9. The monoisotopic (exact) mass is 400 g/mol. The van der Waals surface area contributed by atoms with E-state index in [-0.39, 0.29) is 11.8 Å². The third-order valence-corrected chi connectivity index (χ3v) is 5.36. The summed E-state index contributed by atoms with van der Waals surface area (Å²) in [7, 11) is 12.9. The molecule has 0 aliphatic carbocycles. The third-order valence-electron chi connectivity index (χ3n) is 5.36. The Morgan fingerprint density at radius 2 is 1.14 bits per heavy atom. The van der Waals surface area contributed by atoms with Crippen LogP contribution in [0.2, 0.25) is 0 Å². The fourth-order valence-corrected chi connectivity index (χ4v) is 3.38. The van der Waals surface area contributed by atoms with Crippen molar-refractivity contribution in [1.29, 1.82) is 0 Å². The van der Waals surface area contributed by atoms with E-state index in [0.29, 0.717) is 25.9 Å². The van der Waals surface area contributed by atoms with Crippen molar-refractivity contribution in [3.8, 4) is 0 Å². The maximum atomic E-state index is 12.8. The highest BCUT2D eigenvalue weighted by atomic mass is 16.2. The van der Waals surface area contributed by atoms with Crippen molar-refractivity contribution in [2.45, 2.75) is 53.4 Å². The number of amides is 2. The second-order valence-electron chi connectivity index (χ2n) is 11.2. The lowest BCUT2D eigenvalue weighted by Gasteiger charge is -2.35. The van der Waals surface area contributed by atoms with Crippen LogP contribution < -0.4 is 10.6 Å². The van der Waals surface area contributed by atoms with Crippen LogP contribution in [0.15, 0.2) is 0 Å². The second-order valence-corrected chi connectivity index (χ2v) is 11.2. The summed E-state index contributed by atoms with van der Waals surface area (Å²) >= 11 is 0. The molecule has 2 N–H and O–H groups in total. The first-order chi connectivity index (χ1) is 12.5. The fraction of sp³-hybridized carbons (Fsp3) is 0.909. The van der Waals surface area contributed by atoms with Crippen molar-refractivity contribution in [2.75, 3.05) is 68.5 Å². The van der Waals surface area contributed by atoms with Gasteiger partial charge in [0.15, 0.2) is 0 Å². The zero-order valence-electron chi connectivity index (χ0n) is 20.4. The van der Waals surface area contributed by atoms with Gasteiger partial charge in [-0.15, -0.1) is 0 Å². The fourth-order valence-electron chi connectivity index (χ4n) is 3.38. The lowest BCUT2D eigenvalue weighted by molar-refractivity contribution is -0.870. The van der Waals surface area contributed by atoms with Gasteiger partial charge in [-0.25, -0.2) is 0 Å². The van der Waals surface area contributed by atoms with E-state index in [1.54, 1.807) is 0 Å². The Morgan fingerprint density at radius 1 is 0.750 bits per heavy atom. The highest BCUT2D eigenvalue weighted by Crippen LogP contribution is 2.37. The Hall–Kier alpha value is -1.14. The molecule has 0 aliphatic heterocycles. The number of quaternary nitrogens is 2. The number of nitrogens with zero attached hydrogens (tertiary/aromatic N) is 2. The highest BCUT2D eigenvalue weighted by molar-refractivity contribution is 5.85. The van der Waals surface area contributed by atoms with Crippen LogP contribution in [0.25, 0.3) is 0 Å². The normalized spacial score (nSPS) is 15.1. The maximum absolute atomic E-state index is 12.8. The summed E-state index contributed by atoms with van der Waals surface area (Å²) < 4.78 is 1.78. The zero-order chi connectivity index (χ0) is 22.2. The van der Waals surface area contributed by atoms with Gasteiger partial charge in [0.25, 0.3) is 0 Å². The number of hydrogen-bond acceptors (Lipinski definition) is 2. The topological polar surface area (TPSA) is 58.2 Å². The molecule has 0 aromatic carbocycles. The van der Waals surface area contributed by atoms with Gasteiger partial charge in [0.05, 0.1) is 55.4 Å². The average molecular weight is 401 g/mol. The van der Waals surface area contributed by atoms with Crippen LogP contribution >= 0.6 is 0 Å². The molecule has 0 bridgehead atoms. The van der Waals surface area contributed by atoms with E-state index in [0.717, 1.165) is 34.9 Å². The molecule has 0 heterocycles. The minimum atomic E-state index is -0.582. The van der Waals surface area contributed by atoms with Crippen molar-refractivity contribution in [1.82, 2.24) is 10.6 Å². The molecule has 0 saturated carbocycles. The van der Waals surface area contributed by atoms with Gasteiger partial charge in [-0.3, -0.25) is 9.59 Å². The lowest BCUT2D eigenvalue weighted by atomic mass is 9.71. The summed E-state index contributed by atoms with van der Waals surface area (Å²) in [6.45, 7) is 11.3. The Morgan fingerprint density at radius 3 is 1.50 bits per heavy atom. The number of carbonyl (C=O) groups is 2. The van der Waals surface area contributed by atoms with Crippen molar-refractivity contribution >= 4 is 11.8 Å². The van der Waals surface area contributed by atoms with Crippen LogP contribution in [0.3, 0.4) is 0 Å². The van der Waals surface area contributed by atoms with E-state index in [1.165, 1.54) is 0 Å². The van der Waals surface area contributed by atoms with Crippen LogP contribution in [0.1, 0.15) is 53.4 Å². The summed E-state index contributed by atoms with van der Waals surface area (Å²) in [5.41, 5.74) is -1.12. The van der Waals surface area contributed by atoms with Gasteiger partial charge in [-0.2, -0.15) is 0 Å². The van der Waals surface area contributed by atoms with E-state index in [2.05, 4.69) is 52.9 Å². The van der Waals surface area contributed by atoms with Crippen molar-refractivity contribution in [2.24, 2.45) is 10.8 Å². The molecule has 0 aromatic rings. The number of rotatable bonds is 13. The van der Waals surface area contributed by atoms with Gasteiger partial charge in [0, 0.05) is 36.8 Å². The van der Waals surface area contributed by atoms with E-state index < -0.39 is 10.8 Å². The Balaban J connectivity index is 4.66. The molecule has 0 aliphatic rings. The predicted molar refractivity (Wildman–Crippen MR) is 118 cm³/mol. The van der Waals surface area contributed by atoms with Gasteiger partial charge in [0.1, 0.15) is 0 Å². The quantitative estimate of drug-likeness (QED) is 0.368. The standard InChI is InChI=1S/C22H46N4O2/c1-11-22(4,20(28)24-15-13-17-26(8,9)10)18-21(2,3)19(27)23-14-12-16-25(5,6)7/h11-18H2,1-10H3/p+2. The number of carbonyl (C=O) groups excluding carboxylic acids is 2. The SMILES string of the molecule is CCC(C)(CC(C)(C)C(=O)NCCC[N+](C)(C)C)C(=O)NCCC[N+](C)(C)C. The van der Waals surface area contributed by atoms with Gasteiger partial charge in [-0.05, 0) is 12.8 Å². The Bertz CT molecular complexity index is 504. The van der Waals surface area contributed by atoms with Gasteiger partial charge in [0.2, 0.25) is 11.8 Å². The van der Waals surface area contributed by atoms with Gasteiger partial charge >= 0.3 is 0 Å². The molecule has 0 saturated heterocycles. The van der Waals surface area contributed by atoms with Crippen LogP contribution in [0.5, 0.6) is 0 Å². The summed E-state index contributed by atoms with van der Waals surface area (Å²) in [6, 6.07) is 0. The van der Waals surface area contributed by atoms with Crippen molar-refractivity contribution in [3.05, 3.63) is 0 Å². The molecule has 0 fully saturated rings. The molecule has 166 valence electrons. The molecular formula is C22H48N4O2+2. The van der Waals surface area contributed by atoms with Crippen molar-refractivity contribution in [3.63, 3.8) is 0 Å². The van der Waals surface area contributed by atoms with Crippen LogP contribution in [0, 0.1) is 10.8 Å². The smallest absolute Gasteiger partial charge is 0.225 e. The summed E-state index contributed by atoms with van der Waals surface area (Å²) in [5, 5.41) is 6.16. The van der Waals surface area contributed by atoms with Crippen LogP contribution in [0.4, 0.5) is 0 Å². The summed E-state index contributed by atoms with van der Waals surface area (Å²) in [6.07, 6.45) is 3.15. The van der Waals surface area contributed by atoms with Crippen LogP contribution in [-0.2, 0) is 9.59 Å². The molecule has 1 atom stereocenters. The first-order valence-corrected chi connectivity index (χ1v) is 10.7. The largest absolute Gasteiger partial charge is 0.355 e. The Labute approximate surface area is 174 Å².